The van der Waals surface area contributed by atoms with Gasteiger partial charge in [0.25, 0.3) is 0 Å². The number of ether oxygens (including phenoxy) is 2. The molecule has 0 aromatic carbocycles. The molecular weight excluding hydrogens is 194 g/mol. The van der Waals surface area contributed by atoms with Crippen LogP contribution < -0.4 is 5.32 Å². The molecule has 0 heterocycles. The fraction of sp³-hybridized carbons (Fsp3) is 1.00. The predicted octanol–water partition coefficient (Wildman–Crippen LogP) is 0.467. The van der Waals surface area contributed by atoms with Crippen LogP contribution in [0, 0.1) is 0 Å². The van der Waals surface area contributed by atoms with Gasteiger partial charge in [-0.15, -0.1) is 0 Å². The maximum Gasteiger partial charge on any atom is 0.143 e. The zero-order valence-corrected chi connectivity index (χ0v) is 12.2. The quantitative estimate of drug-likeness (QED) is 0.475. The molecule has 0 aliphatic rings. The molecule has 0 fully saturated rings. The molecule has 0 rings (SSSR count). The van der Waals surface area contributed by atoms with Crippen LogP contribution in [0.15, 0.2) is 0 Å². The maximum absolute atomic E-state index is 5.70. The molecular formula is C10H25NO2Si. The molecule has 0 bridgehead atoms. The molecule has 0 radical (unpaired) electrons. The van der Waals surface area contributed by atoms with Crippen LogP contribution >= 0.6 is 0 Å². The van der Waals surface area contributed by atoms with Gasteiger partial charge in [0.2, 0.25) is 0 Å². The van der Waals surface area contributed by atoms with Gasteiger partial charge in [-0.05, 0) is 27.3 Å². The second kappa shape index (κ2) is 7.40. The standard InChI is InChI=1S/C10H25NO2Si/c1-5-9(11-4)8-10(14,12-6-2)13-7-3/h9,11H,5-8H2,1-4,14H3. The third-order valence-corrected chi connectivity index (χ3v) is 3.40. The van der Waals surface area contributed by atoms with Crippen molar-refractivity contribution in [2.45, 2.75) is 45.1 Å². The predicted molar refractivity (Wildman–Crippen MR) is 63.7 cm³/mol. The van der Waals surface area contributed by atoms with E-state index < -0.39 is 0 Å². The van der Waals surface area contributed by atoms with Gasteiger partial charge in [-0.3, -0.25) is 0 Å². The van der Waals surface area contributed by atoms with Gasteiger partial charge in [0.05, 0.1) is 10.2 Å². The Morgan fingerprint density at radius 3 is 2.00 bits per heavy atom. The molecule has 0 spiro atoms. The second-order valence-electron chi connectivity index (χ2n) is 3.60. The lowest BCUT2D eigenvalue weighted by Gasteiger charge is -2.32. The van der Waals surface area contributed by atoms with E-state index in [1.165, 1.54) is 0 Å². The van der Waals surface area contributed by atoms with Crippen molar-refractivity contribution < 1.29 is 9.47 Å². The van der Waals surface area contributed by atoms with Crippen molar-refractivity contribution in [2.24, 2.45) is 0 Å². The van der Waals surface area contributed by atoms with Gasteiger partial charge >= 0.3 is 0 Å². The average Bonchev–Trinajstić information content (AvgIpc) is 2.15. The Kier molecular flexibility index (Phi) is 7.45. The van der Waals surface area contributed by atoms with Gasteiger partial charge in [0, 0.05) is 25.7 Å². The molecule has 0 saturated carbocycles. The first-order valence-electron chi connectivity index (χ1n) is 5.57. The summed E-state index contributed by atoms with van der Waals surface area (Å²) in [5.41, 5.74) is -0.298. The van der Waals surface area contributed by atoms with Crippen LogP contribution in [0.2, 0.25) is 0 Å². The third-order valence-electron chi connectivity index (χ3n) is 2.42. The molecule has 0 amide bonds. The van der Waals surface area contributed by atoms with Crippen molar-refractivity contribution in [1.29, 1.82) is 0 Å². The average molecular weight is 219 g/mol. The van der Waals surface area contributed by atoms with E-state index in [9.17, 15) is 0 Å². The minimum Gasteiger partial charge on any atom is -0.355 e. The van der Waals surface area contributed by atoms with E-state index in [2.05, 4.69) is 12.2 Å². The van der Waals surface area contributed by atoms with Crippen molar-refractivity contribution in [3.05, 3.63) is 0 Å². The summed E-state index contributed by atoms with van der Waals surface area (Å²) in [6.07, 6.45) is 2.06. The van der Waals surface area contributed by atoms with E-state index >= 15 is 0 Å². The van der Waals surface area contributed by atoms with Gasteiger partial charge in [0.1, 0.15) is 5.41 Å². The Bertz CT molecular complexity index is 134. The highest BCUT2D eigenvalue weighted by molar-refractivity contribution is 6.13. The van der Waals surface area contributed by atoms with E-state index in [4.69, 9.17) is 9.47 Å². The zero-order chi connectivity index (χ0) is 11.0. The van der Waals surface area contributed by atoms with Crippen LogP contribution in [0.1, 0.15) is 33.6 Å². The summed E-state index contributed by atoms with van der Waals surface area (Å²) in [7, 11) is 2.90. The SMILES string of the molecule is CCOC([SiH3])(CC(CC)NC)OCC. The van der Waals surface area contributed by atoms with Crippen molar-refractivity contribution in [1.82, 2.24) is 5.32 Å². The van der Waals surface area contributed by atoms with Crippen LogP contribution in [0.4, 0.5) is 0 Å². The fourth-order valence-electron chi connectivity index (χ4n) is 1.67. The Hall–Kier alpha value is 0.0969. The number of hydrogen-bond donors (Lipinski definition) is 1. The molecule has 1 unspecified atom stereocenters. The van der Waals surface area contributed by atoms with Crippen LogP contribution in [-0.2, 0) is 9.47 Å². The van der Waals surface area contributed by atoms with Gasteiger partial charge in [-0.2, -0.15) is 0 Å². The highest BCUT2D eigenvalue weighted by Gasteiger charge is 2.27. The fourth-order valence-corrected chi connectivity index (χ4v) is 2.74. The Balaban J connectivity index is 4.17. The number of hydrogen-bond acceptors (Lipinski definition) is 3. The summed E-state index contributed by atoms with van der Waals surface area (Å²) in [6.45, 7) is 7.67. The summed E-state index contributed by atoms with van der Waals surface area (Å²) >= 11 is 0. The lowest BCUT2D eigenvalue weighted by atomic mass is 10.1. The van der Waals surface area contributed by atoms with Crippen molar-refractivity contribution in [3.63, 3.8) is 0 Å². The Labute approximate surface area is 91.0 Å². The highest BCUT2D eigenvalue weighted by atomic mass is 28.1. The number of rotatable bonds is 8. The van der Waals surface area contributed by atoms with E-state index in [1.54, 1.807) is 0 Å². The van der Waals surface area contributed by atoms with Gasteiger partial charge < -0.3 is 14.8 Å². The van der Waals surface area contributed by atoms with Crippen LogP contribution in [0.5, 0.6) is 0 Å². The van der Waals surface area contributed by atoms with Gasteiger partial charge in [-0.25, -0.2) is 0 Å². The summed E-state index contributed by atoms with van der Waals surface area (Å²) in [5.74, 6) is 0. The van der Waals surface area contributed by atoms with E-state index in [0.717, 1.165) is 36.3 Å². The molecule has 3 nitrogen and oxygen atoms in total. The summed E-state index contributed by atoms with van der Waals surface area (Å²) < 4.78 is 11.4. The zero-order valence-electron chi connectivity index (χ0n) is 10.2. The molecule has 0 aromatic rings. The minimum atomic E-state index is -0.298. The van der Waals surface area contributed by atoms with E-state index in [-0.39, 0.29) is 5.41 Å². The molecule has 0 aromatic heterocycles. The Morgan fingerprint density at radius 1 is 1.21 bits per heavy atom. The van der Waals surface area contributed by atoms with Crippen LogP contribution in [-0.4, -0.2) is 42.0 Å². The van der Waals surface area contributed by atoms with Crippen molar-refractivity contribution in [2.75, 3.05) is 20.3 Å². The highest BCUT2D eigenvalue weighted by Crippen LogP contribution is 2.17. The summed E-state index contributed by atoms with van der Waals surface area (Å²) in [6, 6.07) is 0.491. The molecule has 14 heavy (non-hydrogen) atoms. The lowest BCUT2D eigenvalue weighted by Crippen LogP contribution is -2.43. The monoisotopic (exact) mass is 219 g/mol. The minimum absolute atomic E-state index is 0.298. The van der Waals surface area contributed by atoms with Crippen LogP contribution in [0.25, 0.3) is 0 Å². The topological polar surface area (TPSA) is 30.5 Å². The van der Waals surface area contributed by atoms with Gasteiger partial charge in [0.15, 0.2) is 0 Å². The molecule has 86 valence electrons. The first-order valence-corrected chi connectivity index (χ1v) is 6.57. The second-order valence-corrected chi connectivity index (χ2v) is 5.12. The largest absolute Gasteiger partial charge is 0.355 e. The Morgan fingerprint density at radius 2 is 1.71 bits per heavy atom. The maximum atomic E-state index is 5.70. The molecule has 0 saturated heterocycles. The van der Waals surface area contributed by atoms with E-state index in [1.807, 2.05) is 20.9 Å². The molecule has 0 aliphatic carbocycles. The first kappa shape index (κ1) is 14.1. The third kappa shape index (κ3) is 5.10. The molecule has 1 N–H and O–H groups in total. The van der Waals surface area contributed by atoms with Crippen molar-refractivity contribution in [3.8, 4) is 0 Å². The van der Waals surface area contributed by atoms with E-state index in [0.29, 0.717) is 6.04 Å². The molecule has 4 heteroatoms. The molecule has 1 atom stereocenters. The summed E-state index contributed by atoms with van der Waals surface area (Å²) in [4.78, 5) is 0. The molecule has 0 aliphatic heterocycles. The number of nitrogens with one attached hydrogen (secondary N) is 1. The lowest BCUT2D eigenvalue weighted by molar-refractivity contribution is -0.180. The van der Waals surface area contributed by atoms with Crippen molar-refractivity contribution >= 4 is 10.2 Å². The van der Waals surface area contributed by atoms with Gasteiger partial charge in [-0.1, -0.05) is 6.92 Å². The van der Waals surface area contributed by atoms with Crippen LogP contribution in [0.3, 0.4) is 0 Å². The smallest absolute Gasteiger partial charge is 0.143 e. The summed E-state index contributed by atoms with van der Waals surface area (Å²) in [5, 5.41) is 3.29. The normalized spacial score (nSPS) is 14.6. The first-order chi connectivity index (χ1) is 6.61.